The average molecular weight is 370 g/mol. The molecule has 1 amide bonds. The predicted octanol–water partition coefficient (Wildman–Crippen LogP) is 2.09. The van der Waals surface area contributed by atoms with E-state index in [9.17, 15) is 14.9 Å². The maximum absolute atomic E-state index is 10.7. The third-order valence-corrected chi connectivity index (χ3v) is 3.37. The molecular formula is C17H14N4O6. The highest BCUT2D eigenvalue weighted by atomic mass is 16.6. The van der Waals surface area contributed by atoms with E-state index in [1.165, 1.54) is 24.3 Å². The van der Waals surface area contributed by atoms with Gasteiger partial charge in [0, 0.05) is 17.7 Å². The number of nitro groups is 1. The van der Waals surface area contributed by atoms with Crippen molar-refractivity contribution in [3.8, 4) is 22.9 Å². The Bertz CT molecular complexity index is 937. The molecule has 0 spiro atoms. The first-order valence-electron chi connectivity index (χ1n) is 7.72. The number of nitrogens with two attached hydrogens (primary N) is 1. The van der Waals surface area contributed by atoms with E-state index in [0.29, 0.717) is 22.9 Å². The fourth-order valence-electron chi connectivity index (χ4n) is 2.09. The third kappa shape index (κ3) is 4.78. The van der Waals surface area contributed by atoms with Crippen LogP contribution in [0.5, 0.6) is 11.5 Å². The molecule has 0 aliphatic carbocycles. The van der Waals surface area contributed by atoms with Gasteiger partial charge in [0.25, 0.3) is 17.5 Å². The molecular weight excluding hydrogens is 356 g/mol. The standard InChI is InChI=1S/C17H14N4O6/c18-15(22)9-25-13-5-1-11(2-6-13)17-19-16(27-20-17)10-26-14-7-3-12(4-8-14)21(23)24/h1-8H,9-10H2,(H2,18,22). The number of nitrogens with zero attached hydrogens (tertiary/aromatic N) is 3. The van der Waals surface area contributed by atoms with Gasteiger partial charge in [-0.25, -0.2) is 0 Å². The van der Waals surface area contributed by atoms with Gasteiger partial charge in [0.05, 0.1) is 4.92 Å². The summed E-state index contributed by atoms with van der Waals surface area (Å²) < 4.78 is 15.8. The lowest BCUT2D eigenvalue weighted by Crippen LogP contribution is -2.19. The zero-order valence-electron chi connectivity index (χ0n) is 13.9. The zero-order chi connectivity index (χ0) is 19.2. The van der Waals surface area contributed by atoms with Crippen molar-refractivity contribution in [3.05, 3.63) is 64.5 Å². The summed E-state index contributed by atoms with van der Waals surface area (Å²) >= 11 is 0. The molecule has 3 aromatic rings. The number of hydrogen-bond donors (Lipinski definition) is 1. The van der Waals surface area contributed by atoms with Gasteiger partial charge in [0.15, 0.2) is 13.2 Å². The van der Waals surface area contributed by atoms with Gasteiger partial charge in [-0.15, -0.1) is 0 Å². The van der Waals surface area contributed by atoms with Crippen LogP contribution in [0.15, 0.2) is 53.1 Å². The minimum atomic E-state index is -0.560. The summed E-state index contributed by atoms with van der Waals surface area (Å²) in [6.45, 7) is -0.184. The molecule has 1 heterocycles. The molecule has 10 heteroatoms. The molecule has 1 aromatic heterocycles. The minimum absolute atomic E-state index is 0.0185. The summed E-state index contributed by atoms with van der Waals surface area (Å²) in [6.07, 6.45) is 0. The van der Waals surface area contributed by atoms with Crippen LogP contribution in [0.25, 0.3) is 11.4 Å². The predicted molar refractivity (Wildman–Crippen MR) is 91.9 cm³/mol. The monoisotopic (exact) mass is 370 g/mol. The van der Waals surface area contributed by atoms with E-state index in [0.717, 1.165) is 0 Å². The summed E-state index contributed by atoms with van der Waals surface area (Å²) in [5.41, 5.74) is 5.68. The maximum Gasteiger partial charge on any atom is 0.269 e. The number of primary amides is 1. The highest BCUT2D eigenvalue weighted by Crippen LogP contribution is 2.21. The van der Waals surface area contributed by atoms with Gasteiger partial charge in [0.1, 0.15) is 11.5 Å². The SMILES string of the molecule is NC(=O)COc1ccc(-c2noc(COc3ccc([N+](=O)[O-])cc3)n2)cc1. The molecule has 2 aromatic carbocycles. The third-order valence-electron chi connectivity index (χ3n) is 3.37. The van der Waals surface area contributed by atoms with Gasteiger partial charge in [-0.3, -0.25) is 14.9 Å². The molecule has 0 aliphatic rings. The first-order valence-corrected chi connectivity index (χ1v) is 7.72. The van der Waals surface area contributed by atoms with E-state index in [-0.39, 0.29) is 24.8 Å². The molecule has 0 aliphatic heterocycles. The Kier molecular flexibility index (Phi) is 5.26. The number of non-ortho nitro benzene ring substituents is 1. The van der Waals surface area contributed by atoms with Crippen molar-refractivity contribution in [2.45, 2.75) is 6.61 Å². The molecule has 10 nitrogen and oxygen atoms in total. The molecule has 0 radical (unpaired) electrons. The van der Waals surface area contributed by atoms with Gasteiger partial charge in [-0.05, 0) is 36.4 Å². The molecule has 0 fully saturated rings. The Hall–Kier alpha value is -3.95. The molecule has 0 saturated heterocycles. The van der Waals surface area contributed by atoms with Crippen molar-refractivity contribution in [2.24, 2.45) is 5.73 Å². The van der Waals surface area contributed by atoms with Crippen LogP contribution in [0.1, 0.15) is 5.89 Å². The van der Waals surface area contributed by atoms with Crippen LogP contribution >= 0.6 is 0 Å². The number of amides is 1. The van der Waals surface area contributed by atoms with Crippen molar-refractivity contribution in [1.29, 1.82) is 0 Å². The molecule has 3 rings (SSSR count). The first-order chi connectivity index (χ1) is 13.0. The number of nitro benzene ring substituents is 1. The van der Waals surface area contributed by atoms with Crippen LogP contribution in [0.2, 0.25) is 0 Å². The number of aromatic nitrogens is 2. The van der Waals surface area contributed by atoms with Gasteiger partial charge < -0.3 is 19.7 Å². The second-order valence-corrected chi connectivity index (χ2v) is 5.33. The smallest absolute Gasteiger partial charge is 0.269 e. The highest BCUT2D eigenvalue weighted by Gasteiger charge is 2.10. The Labute approximate surface area is 152 Å². The normalized spacial score (nSPS) is 10.4. The molecule has 0 bridgehead atoms. The minimum Gasteiger partial charge on any atom is -0.484 e. The lowest BCUT2D eigenvalue weighted by molar-refractivity contribution is -0.384. The lowest BCUT2D eigenvalue weighted by atomic mass is 10.2. The van der Waals surface area contributed by atoms with Crippen molar-refractivity contribution in [3.63, 3.8) is 0 Å². The number of ether oxygens (including phenoxy) is 2. The summed E-state index contributed by atoms with van der Waals surface area (Å²) in [6, 6.07) is 12.4. The highest BCUT2D eigenvalue weighted by molar-refractivity contribution is 5.75. The maximum atomic E-state index is 10.7. The first kappa shape index (κ1) is 17.9. The van der Waals surface area contributed by atoms with Gasteiger partial charge >= 0.3 is 0 Å². The summed E-state index contributed by atoms with van der Waals surface area (Å²) in [5.74, 6) is 0.977. The molecule has 0 atom stereocenters. The number of carbonyl (C=O) groups is 1. The molecule has 0 saturated carbocycles. The summed E-state index contributed by atoms with van der Waals surface area (Å²) in [5, 5.41) is 14.5. The van der Waals surface area contributed by atoms with E-state index in [1.54, 1.807) is 24.3 Å². The van der Waals surface area contributed by atoms with E-state index < -0.39 is 10.8 Å². The number of carbonyl (C=O) groups excluding carboxylic acids is 1. The summed E-state index contributed by atoms with van der Waals surface area (Å²) in [7, 11) is 0. The lowest BCUT2D eigenvalue weighted by Gasteiger charge is -2.03. The Morgan fingerprint density at radius 1 is 1.07 bits per heavy atom. The Balaban J connectivity index is 1.59. The average Bonchev–Trinajstić information content (AvgIpc) is 3.14. The van der Waals surface area contributed by atoms with Crippen molar-refractivity contribution in [1.82, 2.24) is 10.1 Å². The van der Waals surface area contributed by atoms with Crippen LogP contribution in [-0.4, -0.2) is 27.6 Å². The van der Waals surface area contributed by atoms with E-state index in [2.05, 4.69) is 10.1 Å². The topological polar surface area (TPSA) is 144 Å². The number of rotatable bonds is 8. The fourth-order valence-corrected chi connectivity index (χ4v) is 2.09. The van der Waals surface area contributed by atoms with Gasteiger partial charge in [0.2, 0.25) is 5.82 Å². The van der Waals surface area contributed by atoms with Gasteiger partial charge in [-0.1, -0.05) is 5.16 Å². The molecule has 2 N–H and O–H groups in total. The molecule has 0 unspecified atom stereocenters. The van der Waals surface area contributed by atoms with Crippen LogP contribution in [0.4, 0.5) is 5.69 Å². The van der Waals surface area contributed by atoms with E-state index in [1.807, 2.05) is 0 Å². The zero-order valence-corrected chi connectivity index (χ0v) is 13.9. The molecule has 138 valence electrons. The Morgan fingerprint density at radius 3 is 2.33 bits per heavy atom. The number of benzene rings is 2. The summed E-state index contributed by atoms with van der Waals surface area (Å²) in [4.78, 5) is 25.0. The Morgan fingerprint density at radius 2 is 1.70 bits per heavy atom. The second kappa shape index (κ2) is 7.95. The van der Waals surface area contributed by atoms with Crippen LogP contribution in [0.3, 0.4) is 0 Å². The van der Waals surface area contributed by atoms with Crippen molar-refractivity contribution < 1.29 is 23.7 Å². The van der Waals surface area contributed by atoms with Gasteiger partial charge in [-0.2, -0.15) is 4.98 Å². The van der Waals surface area contributed by atoms with Crippen LogP contribution in [-0.2, 0) is 11.4 Å². The second-order valence-electron chi connectivity index (χ2n) is 5.33. The van der Waals surface area contributed by atoms with E-state index >= 15 is 0 Å². The fraction of sp³-hybridized carbons (Fsp3) is 0.118. The van der Waals surface area contributed by atoms with E-state index in [4.69, 9.17) is 19.7 Å². The largest absolute Gasteiger partial charge is 0.484 e. The van der Waals surface area contributed by atoms with Crippen LogP contribution < -0.4 is 15.2 Å². The van der Waals surface area contributed by atoms with Crippen LogP contribution in [0, 0.1) is 10.1 Å². The molecule has 27 heavy (non-hydrogen) atoms. The quantitative estimate of drug-likeness (QED) is 0.469. The van der Waals surface area contributed by atoms with Crippen molar-refractivity contribution >= 4 is 11.6 Å². The van der Waals surface area contributed by atoms with Crippen molar-refractivity contribution in [2.75, 3.05) is 6.61 Å². The number of hydrogen-bond acceptors (Lipinski definition) is 8.